The molecule has 0 aliphatic heterocycles. The number of nitrogens with zero attached hydrogens (tertiary/aromatic N) is 1. The molecule has 0 aromatic heterocycles. The minimum absolute atomic E-state index is 0.226. The van der Waals surface area contributed by atoms with Crippen molar-refractivity contribution in [1.82, 2.24) is 5.32 Å². The molecule has 2 aromatic rings. The van der Waals surface area contributed by atoms with Crippen molar-refractivity contribution in [2.75, 3.05) is 23.9 Å². The number of rotatable bonds is 7. The van der Waals surface area contributed by atoms with Crippen LogP contribution in [0.4, 0.5) is 5.69 Å². The molecule has 0 aliphatic carbocycles. The number of benzene rings is 2. The van der Waals surface area contributed by atoms with Crippen molar-refractivity contribution in [3.8, 4) is 0 Å². The van der Waals surface area contributed by atoms with Gasteiger partial charge in [-0.3, -0.25) is 9.10 Å². The lowest BCUT2D eigenvalue weighted by Crippen LogP contribution is -2.29. The molecule has 29 heavy (non-hydrogen) atoms. The van der Waals surface area contributed by atoms with Crippen molar-refractivity contribution in [1.29, 1.82) is 0 Å². The molecule has 0 fully saturated rings. The Bertz CT molecular complexity index is 1110. The lowest BCUT2D eigenvalue weighted by molar-refractivity contribution is 0.0935. The lowest BCUT2D eigenvalue weighted by atomic mass is 10.0. The average Bonchev–Trinajstić information content (AvgIpc) is 2.64. The number of carbonyl (C=O) groups is 1. The van der Waals surface area contributed by atoms with Crippen LogP contribution < -0.4 is 9.62 Å². The number of sulfone groups is 1. The number of nitrogens with one attached hydrogen (secondary N) is 1. The fourth-order valence-electron chi connectivity index (χ4n) is 2.94. The van der Waals surface area contributed by atoms with Gasteiger partial charge in [0.15, 0.2) is 9.84 Å². The van der Waals surface area contributed by atoms with Gasteiger partial charge in [-0.15, -0.1) is 0 Å². The van der Waals surface area contributed by atoms with E-state index in [0.29, 0.717) is 23.2 Å². The summed E-state index contributed by atoms with van der Waals surface area (Å²) in [5.74, 6) is -0.291. The molecule has 0 radical (unpaired) electrons. The Morgan fingerprint density at radius 1 is 1.03 bits per heavy atom. The van der Waals surface area contributed by atoms with Crippen LogP contribution in [0.15, 0.2) is 47.4 Å². The number of sulfonamides is 1. The van der Waals surface area contributed by atoms with E-state index in [-0.39, 0.29) is 16.8 Å². The van der Waals surface area contributed by atoms with E-state index >= 15 is 0 Å². The normalized spacial score (nSPS) is 13.0. The summed E-state index contributed by atoms with van der Waals surface area (Å²) in [4.78, 5) is 12.9. The van der Waals surface area contributed by atoms with E-state index in [0.717, 1.165) is 18.1 Å². The van der Waals surface area contributed by atoms with E-state index in [2.05, 4.69) is 5.32 Å². The smallest absolute Gasteiger partial charge is 0.251 e. The van der Waals surface area contributed by atoms with E-state index in [1.54, 1.807) is 37.3 Å². The van der Waals surface area contributed by atoms with E-state index in [4.69, 9.17) is 0 Å². The Morgan fingerprint density at radius 3 is 2.07 bits per heavy atom. The fraction of sp³-hybridized carbons (Fsp3) is 0.350. The van der Waals surface area contributed by atoms with Crippen molar-refractivity contribution >= 4 is 31.5 Å². The zero-order valence-electron chi connectivity index (χ0n) is 17.1. The number of hydrogen-bond donors (Lipinski definition) is 1. The molecule has 0 saturated heterocycles. The van der Waals surface area contributed by atoms with Crippen LogP contribution in [-0.4, -0.2) is 42.3 Å². The van der Waals surface area contributed by atoms with Gasteiger partial charge in [-0.1, -0.05) is 19.1 Å². The lowest BCUT2D eigenvalue weighted by Gasteiger charge is -2.21. The van der Waals surface area contributed by atoms with Crippen LogP contribution in [0.5, 0.6) is 0 Å². The van der Waals surface area contributed by atoms with Crippen LogP contribution in [0.25, 0.3) is 0 Å². The molecule has 2 aromatic carbocycles. The summed E-state index contributed by atoms with van der Waals surface area (Å²) in [5.41, 5.74) is 2.39. The highest BCUT2D eigenvalue weighted by Crippen LogP contribution is 2.24. The molecule has 158 valence electrons. The van der Waals surface area contributed by atoms with Crippen LogP contribution in [0.3, 0.4) is 0 Å². The van der Waals surface area contributed by atoms with E-state index in [1.165, 1.54) is 23.5 Å². The van der Waals surface area contributed by atoms with Crippen molar-refractivity contribution in [2.24, 2.45) is 0 Å². The predicted octanol–water partition coefficient (Wildman–Crippen LogP) is 2.68. The molecule has 1 atom stereocenters. The molecule has 9 heteroatoms. The van der Waals surface area contributed by atoms with Gasteiger partial charge in [0.1, 0.15) is 0 Å². The predicted molar refractivity (Wildman–Crippen MR) is 114 cm³/mol. The SMILES string of the molecule is CC[C@H](NC(=O)c1ccc(N(C)S(C)(=O)=O)c(C)c1)c1ccc(S(C)(=O)=O)cc1. The summed E-state index contributed by atoms with van der Waals surface area (Å²) < 4.78 is 47.9. The first-order valence-electron chi connectivity index (χ1n) is 9.00. The second-order valence-corrected chi connectivity index (χ2v) is 11.0. The van der Waals surface area contributed by atoms with Crippen LogP contribution >= 0.6 is 0 Å². The van der Waals surface area contributed by atoms with Crippen LogP contribution in [0, 0.1) is 6.92 Å². The molecule has 7 nitrogen and oxygen atoms in total. The Kier molecular flexibility index (Phi) is 6.74. The van der Waals surface area contributed by atoms with Crippen molar-refractivity contribution in [3.05, 3.63) is 59.2 Å². The summed E-state index contributed by atoms with van der Waals surface area (Å²) in [6, 6.07) is 11.0. The fourth-order valence-corrected chi connectivity index (χ4v) is 4.13. The molecule has 0 saturated carbocycles. The zero-order valence-corrected chi connectivity index (χ0v) is 18.8. The Balaban J connectivity index is 2.22. The maximum Gasteiger partial charge on any atom is 0.251 e. The third-order valence-electron chi connectivity index (χ3n) is 4.72. The molecule has 0 spiro atoms. The first-order valence-corrected chi connectivity index (χ1v) is 12.7. The molecular weight excluding hydrogens is 412 g/mol. The maximum absolute atomic E-state index is 12.7. The van der Waals surface area contributed by atoms with Crippen LogP contribution in [0.2, 0.25) is 0 Å². The Morgan fingerprint density at radius 2 is 1.62 bits per heavy atom. The van der Waals surface area contributed by atoms with Gasteiger partial charge in [-0.05, 0) is 54.8 Å². The monoisotopic (exact) mass is 438 g/mol. The highest BCUT2D eigenvalue weighted by molar-refractivity contribution is 7.92. The minimum Gasteiger partial charge on any atom is -0.345 e. The number of anilines is 1. The quantitative estimate of drug-likeness (QED) is 0.716. The van der Waals surface area contributed by atoms with Gasteiger partial charge in [0, 0.05) is 18.9 Å². The largest absolute Gasteiger partial charge is 0.345 e. The maximum atomic E-state index is 12.7. The Labute approximate surface area is 172 Å². The van der Waals surface area contributed by atoms with E-state index in [9.17, 15) is 21.6 Å². The van der Waals surface area contributed by atoms with Crippen molar-refractivity contribution in [3.63, 3.8) is 0 Å². The first-order chi connectivity index (χ1) is 13.3. The van der Waals surface area contributed by atoms with Gasteiger partial charge in [-0.2, -0.15) is 0 Å². The van der Waals surface area contributed by atoms with Gasteiger partial charge >= 0.3 is 0 Å². The standard InChI is InChI=1S/C20H26N2O5S2/c1-6-18(15-7-10-17(11-8-15)28(4,24)25)21-20(23)16-9-12-19(14(2)13-16)22(3)29(5,26)27/h7-13,18H,6H2,1-5H3,(H,21,23)/t18-/m0/s1. The highest BCUT2D eigenvalue weighted by Gasteiger charge is 2.18. The molecule has 0 bridgehead atoms. The topological polar surface area (TPSA) is 101 Å². The van der Waals surface area contributed by atoms with Crippen molar-refractivity contribution in [2.45, 2.75) is 31.2 Å². The van der Waals surface area contributed by atoms with Gasteiger partial charge in [0.05, 0.1) is 22.9 Å². The first kappa shape index (κ1) is 22.9. The van der Waals surface area contributed by atoms with Gasteiger partial charge in [0.2, 0.25) is 10.0 Å². The molecule has 1 amide bonds. The summed E-state index contributed by atoms with van der Waals surface area (Å²) in [5, 5.41) is 2.94. The molecule has 0 unspecified atom stereocenters. The zero-order chi connectivity index (χ0) is 22.0. The summed E-state index contributed by atoms with van der Waals surface area (Å²) >= 11 is 0. The average molecular weight is 439 g/mol. The highest BCUT2D eigenvalue weighted by atomic mass is 32.2. The second kappa shape index (κ2) is 8.54. The summed E-state index contributed by atoms with van der Waals surface area (Å²) in [7, 11) is -5.21. The summed E-state index contributed by atoms with van der Waals surface area (Å²) in [6.45, 7) is 3.67. The van der Waals surface area contributed by atoms with Crippen LogP contribution in [-0.2, 0) is 19.9 Å². The molecule has 0 aliphatic rings. The summed E-state index contributed by atoms with van der Waals surface area (Å²) in [6.07, 6.45) is 2.89. The number of carbonyl (C=O) groups excluding carboxylic acids is 1. The third-order valence-corrected chi connectivity index (χ3v) is 7.04. The Hall–Kier alpha value is -2.39. The number of aryl methyl sites for hydroxylation is 1. The molecule has 2 rings (SSSR count). The molecule has 1 N–H and O–H groups in total. The minimum atomic E-state index is -3.39. The third kappa shape index (κ3) is 5.57. The van der Waals surface area contributed by atoms with E-state index < -0.39 is 19.9 Å². The molecular formula is C20H26N2O5S2. The van der Waals surface area contributed by atoms with Crippen molar-refractivity contribution < 1.29 is 21.6 Å². The van der Waals surface area contributed by atoms with Gasteiger partial charge in [-0.25, -0.2) is 16.8 Å². The van der Waals surface area contributed by atoms with Gasteiger partial charge < -0.3 is 5.32 Å². The second-order valence-electron chi connectivity index (χ2n) is 7.01. The van der Waals surface area contributed by atoms with Gasteiger partial charge in [0.25, 0.3) is 5.91 Å². The number of amides is 1. The number of hydrogen-bond acceptors (Lipinski definition) is 5. The molecule has 0 heterocycles. The van der Waals surface area contributed by atoms with E-state index in [1.807, 2.05) is 6.92 Å². The van der Waals surface area contributed by atoms with Crippen LogP contribution in [0.1, 0.15) is 40.9 Å².